The van der Waals surface area contributed by atoms with Gasteiger partial charge in [0.15, 0.2) is 0 Å². The zero-order valence-electron chi connectivity index (χ0n) is 16.5. The number of amides is 1. The SMILES string of the molecule is Cc1nc(-c2nnc(NC(=O)c3ccc(S(=O)(=O)N4CCCCC4C)cc3)o2)cs1. The third kappa shape index (κ3) is 4.13. The minimum Gasteiger partial charge on any atom is -0.401 e. The van der Waals surface area contributed by atoms with E-state index in [0.717, 1.165) is 24.3 Å². The standard InChI is InChI=1S/C19H21N5O4S2/c1-12-5-3-4-10-24(12)30(26,27)15-8-6-14(7-9-15)17(25)21-19-23-22-18(28-19)16-11-29-13(2)20-16/h6-9,11-12H,3-5,10H2,1-2H3,(H,21,23,25). The van der Waals surface area contributed by atoms with Crippen molar-refractivity contribution in [1.29, 1.82) is 0 Å². The summed E-state index contributed by atoms with van der Waals surface area (Å²) in [6, 6.07) is 5.75. The molecule has 1 atom stereocenters. The number of aromatic nitrogens is 3. The van der Waals surface area contributed by atoms with Crippen LogP contribution in [0.4, 0.5) is 6.01 Å². The molecule has 1 aliphatic rings. The first-order chi connectivity index (χ1) is 14.3. The Labute approximate surface area is 178 Å². The van der Waals surface area contributed by atoms with Crippen molar-refractivity contribution in [2.24, 2.45) is 0 Å². The van der Waals surface area contributed by atoms with Crippen molar-refractivity contribution in [3.05, 3.63) is 40.2 Å². The fraction of sp³-hybridized carbons (Fsp3) is 0.368. The van der Waals surface area contributed by atoms with Crippen molar-refractivity contribution in [2.45, 2.75) is 44.0 Å². The van der Waals surface area contributed by atoms with Crippen LogP contribution in [0.15, 0.2) is 39.0 Å². The van der Waals surface area contributed by atoms with E-state index in [1.54, 1.807) is 5.38 Å². The highest BCUT2D eigenvalue weighted by Crippen LogP contribution is 2.26. The molecule has 1 fully saturated rings. The number of carbonyl (C=O) groups is 1. The molecule has 9 nitrogen and oxygen atoms in total. The second kappa shape index (κ2) is 8.25. The molecule has 1 N–H and O–H groups in total. The van der Waals surface area contributed by atoms with Gasteiger partial charge in [-0.05, 0) is 51.0 Å². The number of carbonyl (C=O) groups excluding carboxylic acids is 1. The Morgan fingerprint density at radius 2 is 2.00 bits per heavy atom. The molecule has 4 rings (SSSR count). The van der Waals surface area contributed by atoms with Crippen molar-refractivity contribution in [3.8, 4) is 11.6 Å². The van der Waals surface area contributed by atoms with E-state index in [1.165, 1.54) is 39.9 Å². The smallest absolute Gasteiger partial charge is 0.322 e. The van der Waals surface area contributed by atoms with Crippen molar-refractivity contribution >= 4 is 33.3 Å². The van der Waals surface area contributed by atoms with Gasteiger partial charge in [-0.3, -0.25) is 10.1 Å². The van der Waals surface area contributed by atoms with Crippen LogP contribution in [0.25, 0.3) is 11.6 Å². The average Bonchev–Trinajstić information content (AvgIpc) is 3.37. The van der Waals surface area contributed by atoms with Gasteiger partial charge in [0.2, 0.25) is 10.0 Å². The van der Waals surface area contributed by atoms with Crippen LogP contribution in [-0.4, -0.2) is 46.4 Å². The fourth-order valence-electron chi connectivity index (χ4n) is 3.35. The fourth-order valence-corrected chi connectivity index (χ4v) is 5.64. The topological polar surface area (TPSA) is 118 Å². The van der Waals surface area contributed by atoms with Gasteiger partial charge in [-0.15, -0.1) is 16.4 Å². The Bertz CT molecular complexity index is 1150. The number of anilines is 1. The van der Waals surface area contributed by atoms with Gasteiger partial charge in [0, 0.05) is 23.5 Å². The molecule has 30 heavy (non-hydrogen) atoms. The lowest BCUT2D eigenvalue weighted by Crippen LogP contribution is -2.41. The summed E-state index contributed by atoms with van der Waals surface area (Å²) in [4.78, 5) is 16.9. The zero-order chi connectivity index (χ0) is 21.3. The van der Waals surface area contributed by atoms with Crippen LogP contribution in [0.1, 0.15) is 41.6 Å². The van der Waals surface area contributed by atoms with Crippen LogP contribution in [0.2, 0.25) is 0 Å². The molecule has 1 aromatic carbocycles. The van der Waals surface area contributed by atoms with E-state index < -0.39 is 15.9 Å². The van der Waals surface area contributed by atoms with E-state index in [-0.39, 0.29) is 28.4 Å². The van der Waals surface area contributed by atoms with Gasteiger partial charge >= 0.3 is 6.01 Å². The highest BCUT2D eigenvalue weighted by Gasteiger charge is 2.31. The summed E-state index contributed by atoms with van der Waals surface area (Å²) in [5.41, 5.74) is 0.830. The van der Waals surface area contributed by atoms with Gasteiger partial charge in [-0.2, -0.15) is 4.31 Å². The largest absolute Gasteiger partial charge is 0.401 e. The number of thiazole rings is 1. The summed E-state index contributed by atoms with van der Waals surface area (Å²) in [5.74, 6) is -0.262. The maximum Gasteiger partial charge on any atom is 0.322 e. The molecular formula is C19H21N5O4S2. The normalized spacial score (nSPS) is 17.7. The number of rotatable bonds is 5. The molecule has 3 heterocycles. The minimum atomic E-state index is -3.58. The van der Waals surface area contributed by atoms with Gasteiger partial charge in [-0.1, -0.05) is 11.5 Å². The average molecular weight is 448 g/mol. The van der Waals surface area contributed by atoms with Crippen molar-refractivity contribution < 1.29 is 17.6 Å². The molecule has 0 spiro atoms. The second-order valence-corrected chi connectivity index (χ2v) is 10.1. The molecule has 0 saturated carbocycles. The van der Waals surface area contributed by atoms with Crippen LogP contribution < -0.4 is 5.32 Å². The van der Waals surface area contributed by atoms with Crippen molar-refractivity contribution in [2.75, 3.05) is 11.9 Å². The number of aryl methyl sites for hydroxylation is 1. The Hall–Kier alpha value is -2.63. The van der Waals surface area contributed by atoms with Crippen molar-refractivity contribution in [1.82, 2.24) is 19.5 Å². The quantitative estimate of drug-likeness (QED) is 0.637. The van der Waals surface area contributed by atoms with E-state index in [9.17, 15) is 13.2 Å². The summed E-state index contributed by atoms with van der Waals surface area (Å²) in [6.07, 6.45) is 2.74. The number of piperidine rings is 1. The van der Waals surface area contributed by atoms with Gasteiger partial charge in [0.25, 0.3) is 11.8 Å². The van der Waals surface area contributed by atoms with Crippen LogP contribution in [-0.2, 0) is 10.0 Å². The Kier molecular flexibility index (Phi) is 5.67. The molecule has 1 unspecified atom stereocenters. The maximum atomic E-state index is 12.9. The van der Waals surface area contributed by atoms with Crippen LogP contribution >= 0.6 is 11.3 Å². The first kappa shape index (κ1) is 20.6. The number of benzene rings is 1. The number of hydrogen-bond acceptors (Lipinski definition) is 8. The number of sulfonamides is 1. The lowest BCUT2D eigenvalue weighted by Gasteiger charge is -2.32. The molecule has 1 amide bonds. The van der Waals surface area contributed by atoms with E-state index in [2.05, 4.69) is 20.5 Å². The van der Waals surface area contributed by atoms with E-state index in [1.807, 2.05) is 13.8 Å². The third-order valence-electron chi connectivity index (χ3n) is 4.95. The predicted octanol–water partition coefficient (Wildman–Crippen LogP) is 3.32. The summed E-state index contributed by atoms with van der Waals surface area (Å²) in [5, 5.41) is 12.9. The lowest BCUT2D eigenvalue weighted by molar-refractivity contribution is 0.102. The summed E-state index contributed by atoms with van der Waals surface area (Å²) >= 11 is 1.45. The van der Waals surface area contributed by atoms with Crippen LogP contribution in [0.3, 0.4) is 0 Å². The highest BCUT2D eigenvalue weighted by atomic mass is 32.2. The number of nitrogens with one attached hydrogen (secondary N) is 1. The molecule has 0 radical (unpaired) electrons. The second-order valence-electron chi connectivity index (χ2n) is 7.10. The minimum absolute atomic E-state index is 0.0278. The molecule has 0 bridgehead atoms. The van der Waals surface area contributed by atoms with E-state index >= 15 is 0 Å². The number of nitrogens with zero attached hydrogens (tertiary/aromatic N) is 4. The van der Waals surface area contributed by atoms with E-state index in [4.69, 9.17) is 4.42 Å². The Morgan fingerprint density at radius 1 is 1.23 bits per heavy atom. The first-order valence-corrected chi connectivity index (χ1v) is 11.9. The maximum absolute atomic E-state index is 12.9. The van der Waals surface area contributed by atoms with Crippen molar-refractivity contribution in [3.63, 3.8) is 0 Å². The lowest BCUT2D eigenvalue weighted by atomic mass is 10.1. The molecule has 0 aliphatic carbocycles. The van der Waals surface area contributed by atoms with Crippen LogP contribution in [0, 0.1) is 6.92 Å². The Morgan fingerprint density at radius 3 is 2.67 bits per heavy atom. The predicted molar refractivity (Wildman–Crippen MR) is 112 cm³/mol. The highest BCUT2D eigenvalue weighted by molar-refractivity contribution is 7.89. The van der Waals surface area contributed by atoms with Gasteiger partial charge < -0.3 is 4.42 Å². The molecular weight excluding hydrogens is 426 g/mol. The Balaban J connectivity index is 1.46. The number of hydrogen-bond donors (Lipinski definition) is 1. The molecule has 11 heteroatoms. The van der Waals surface area contributed by atoms with Gasteiger partial charge in [0.05, 0.1) is 9.90 Å². The van der Waals surface area contributed by atoms with Crippen LogP contribution in [0.5, 0.6) is 0 Å². The third-order valence-corrected chi connectivity index (χ3v) is 7.75. The zero-order valence-corrected chi connectivity index (χ0v) is 18.2. The first-order valence-electron chi connectivity index (χ1n) is 9.54. The molecule has 1 aliphatic heterocycles. The molecule has 3 aromatic rings. The summed E-state index contributed by atoms with van der Waals surface area (Å²) in [6.45, 7) is 4.30. The van der Waals surface area contributed by atoms with E-state index in [0.29, 0.717) is 12.2 Å². The van der Waals surface area contributed by atoms with Gasteiger partial charge in [0.1, 0.15) is 5.69 Å². The monoisotopic (exact) mass is 447 g/mol. The van der Waals surface area contributed by atoms with Gasteiger partial charge in [-0.25, -0.2) is 13.4 Å². The molecule has 1 saturated heterocycles. The molecule has 158 valence electrons. The summed E-state index contributed by atoms with van der Waals surface area (Å²) < 4.78 is 32.8. The summed E-state index contributed by atoms with van der Waals surface area (Å²) in [7, 11) is -3.58. The molecule has 2 aromatic heterocycles.